The molecule has 0 spiro atoms. The number of para-hydroxylation sites is 1. The maximum Gasteiger partial charge on any atom is 0.250 e. The van der Waals surface area contributed by atoms with Crippen LogP contribution in [0.25, 0.3) is 11.4 Å². The Morgan fingerprint density at radius 2 is 1.97 bits per heavy atom. The molecule has 2 aromatic heterocycles. The molecule has 0 bridgehead atoms. The molecule has 3 rings (SSSR count). The summed E-state index contributed by atoms with van der Waals surface area (Å²) in [6, 6.07) is 8.30. The van der Waals surface area contributed by atoms with E-state index >= 15 is 0 Å². The van der Waals surface area contributed by atoms with E-state index in [2.05, 4.69) is 9.97 Å². The number of unbranched alkanes of at least 4 members (excludes halogenated alkanes) is 1. The predicted octanol–water partition coefficient (Wildman–Crippen LogP) is 4.14. The van der Waals surface area contributed by atoms with Gasteiger partial charge in [0.05, 0.1) is 22.2 Å². The number of hydrogen-bond acceptors (Lipinski definition) is 6. The molecule has 2 heterocycles. The highest BCUT2D eigenvalue weighted by atomic mass is 35.5. The van der Waals surface area contributed by atoms with Crippen LogP contribution in [0, 0.1) is 5.82 Å². The highest BCUT2D eigenvalue weighted by Crippen LogP contribution is 2.32. The summed E-state index contributed by atoms with van der Waals surface area (Å²) in [5.41, 5.74) is 0.438. The normalized spacial score (nSPS) is 11.5. The van der Waals surface area contributed by atoms with Gasteiger partial charge in [-0.05, 0) is 24.6 Å². The SMILES string of the molecule is CCCCS(=O)(=O)Cc1cc(Oc2c(F)cccc2Cl)nc(-c2ccc(=O)n(C)c2)n1. The van der Waals surface area contributed by atoms with Gasteiger partial charge in [0.2, 0.25) is 11.4 Å². The number of benzene rings is 1. The zero-order chi connectivity index (χ0) is 22.6. The third-order valence-electron chi connectivity index (χ3n) is 4.40. The first-order chi connectivity index (χ1) is 14.7. The molecule has 10 heteroatoms. The fourth-order valence-corrected chi connectivity index (χ4v) is 4.47. The van der Waals surface area contributed by atoms with Gasteiger partial charge in [0.1, 0.15) is 0 Å². The van der Waals surface area contributed by atoms with E-state index in [1.165, 1.54) is 47.2 Å². The molecule has 1 aromatic carbocycles. The van der Waals surface area contributed by atoms with Crippen molar-refractivity contribution in [3.05, 3.63) is 69.5 Å². The highest BCUT2D eigenvalue weighted by molar-refractivity contribution is 7.90. The fourth-order valence-electron chi connectivity index (χ4n) is 2.80. The minimum absolute atomic E-state index is 0.0258. The first-order valence-electron chi connectivity index (χ1n) is 9.56. The Kier molecular flexibility index (Phi) is 7.07. The highest BCUT2D eigenvalue weighted by Gasteiger charge is 2.18. The van der Waals surface area contributed by atoms with Crippen LogP contribution in [0.2, 0.25) is 5.02 Å². The van der Waals surface area contributed by atoms with Gasteiger partial charge in [0.15, 0.2) is 27.2 Å². The second-order valence-electron chi connectivity index (χ2n) is 6.99. The number of rotatable bonds is 8. The maximum absolute atomic E-state index is 14.2. The lowest BCUT2D eigenvalue weighted by molar-refractivity contribution is 0.426. The lowest BCUT2D eigenvalue weighted by Crippen LogP contribution is -2.15. The van der Waals surface area contributed by atoms with Crippen molar-refractivity contribution < 1.29 is 17.5 Å². The number of halogens is 2. The van der Waals surface area contributed by atoms with E-state index in [0.29, 0.717) is 12.0 Å². The Bertz CT molecular complexity index is 1240. The summed E-state index contributed by atoms with van der Waals surface area (Å²) in [6.07, 6.45) is 2.80. The molecule has 0 saturated heterocycles. The molecule has 0 unspecified atom stereocenters. The summed E-state index contributed by atoms with van der Waals surface area (Å²) in [5.74, 6) is -1.14. The van der Waals surface area contributed by atoms with Crippen LogP contribution in [0.4, 0.5) is 4.39 Å². The molecule has 0 aliphatic rings. The van der Waals surface area contributed by atoms with Crippen molar-refractivity contribution >= 4 is 21.4 Å². The van der Waals surface area contributed by atoms with Gasteiger partial charge < -0.3 is 9.30 Å². The van der Waals surface area contributed by atoms with Crippen LogP contribution in [0.3, 0.4) is 0 Å². The van der Waals surface area contributed by atoms with Gasteiger partial charge in [-0.1, -0.05) is 31.0 Å². The number of sulfone groups is 1. The van der Waals surface area contributed by atoms with Crippen molar-refractivity contribution in [3.8, 4) is 23.0 Å². The average molecular weight is 466 g/mol. The summed E-state index contributed by atoms with van der Waals surface area (Å²) in [5, 5.41) is 0.0411. The minimum atomic E-state index is -3.42. The van der Waals surface area contributed by atoms with Crippen LogP contribution in [-0.4, -0.2) is 28.7 Å². The minimum Gasteiger partial charge on any atom is -0.434 e. The molecule has 0 saturated carbocycles. The third kappa shape index (κ3) is 5.89. The monoisotopic (exact) mass is 465 g/mol. The van der Waals surface area contributed by atoms with Gasteiger partial charge in [0, 0.05) is 30.9 Å². The topological polar surface area (TPSA) is 91.2 Å². The molecule has 0 amide bonds. The Morgan fingerprint density at radius 3 is 2.65 bits per heavy atom. The molecule has 31 heavy (non-hydrogen) atoms. The van der Waals surface area contributed by atoms with Gasteiger partial charge in [-0.15, -0.1) is 0 Å². The van der Waals surface area contributed by atoms with E-state index in [0.717, 1.165) is 6.42 Å². The molecule has 0 aliphatic carbocycles. The lowest BCUT2D eigenvalue weighted by Gasteiger charge is -2.12. The van der Waals surface area contributed by atoms with Gasteiger partial charge in [0.25, 0.3) is 0 Å². The van der Waals surface area contributed by atoms with Crippen molar-refractivity contribution in [1.29, 1.82) is 0 Å². The zero-order valence-electron chi connectivity index (χ0n) is 17.0. The molecule has 3 aromatic rings. The second-order valence-corrected chi connectivity index (χ2v) is 9.58. The predicted molar refractivity (Wildman–Crippen MR) is 117 cm³/mol. The summed E-state index contributed by atoms with van der Waals surface area (Å²) in [4.78, 5) is 20.3. The van der Waals surface area contributed by atoms with Gasteiger partial charge in [-0.2, -0.15) is 4.98 Å². The maximum atomic E-state index is 14.2. The molecule has 0 atom stereocenters. The van der Waals surface area contributed by atoms with E-state index in [4.69, 9.17) is 16.3 Å². The van der Waals surface area contributed by atoms with E-state index in [-0.39, 0.29) is 45.2 Å². The van der Waals surface area contributed by atoms with Crippen molar-refractivity contribution in [1.82, 2.24) is 14.5 Å². The smallest absolute Gasteiger partial charge is 0.250 e. The molecular formula is C21H21ClFN3O4S. The number of pyridine rings is 1. The van der Waals surface area contributed by atoms with Gasteiger partial charge in [-0.25, -0.2) is 17.8 Å². The number of nitrogens with zero attached hydrogens (tertiary/aromatic N) is 3. The Hall–Kier alpha value is -2.78. The quantitative estimate of drug-likeness (QED) is 0.496. The molecular weight excluding hydrogens is 445 g/mol. The van der Waals surface area contributed by atoms with Crippen molar-refractivity contribution in [2.45, 2.75) is 25.5 Å². The number of aromatic nitrogens is 3. The Labute approximate surface area is 184 Å². The largest absolute Gasteiger partial charge is 0.434 e. The van der Waals surface area contributed by atoms with Crippen LogP contribution >= 0.6 is 11.6 Å². The first kappa shape index (κ1) is 22.9. The standard InChI is InChI=1S/C21H21ClFN3O4S/c1-3-4-10-31(28,29)13-15-11-18(30-20-16(22)6-5-7-17(20)23)25-21(24-15)14-8-9-19(27)26(2)12-14/h5-9,11-12H,3-4,10,13H2,1-2H3. The van der Waals surface area contributed by atoms with Crippen molar-refractivity contribution in [2.75, 3.05) is 5.75 Å². The molecule has 7 nitrogen and oxygen atoms in total. The van der Waals surface area contributed by atoms with E-state index in [1.807, 2.05) is 6.92 Å². The fraction of sp³-hybridized carbons (Fsp3) is 0.286. The van der Waals surface area contributed by atoms with E-state index in [1.54, 1.807) is 7.05 Å². The van der Waals surface area contributed by atoms with E-state index < -0.39 is 15.7 Å². The Morgan fingerprint density at radius 1 is 1.19 bits per heavy atom. The van der Waals surface area contributed by atoms with Gasteiger partial charge >= 0.3 is 0 Å². The summed E-state index contributed by atoms with van der Waals surface area (Å²) >= 11 is 6.04. The summed E-state index contributed by atoms with van der Waals surface area (Å²) in [7, 11) is -1.85. The van der Waals surface area contributed by atoms with Crippen molar-refractivity contribution in [2.24, 2.45) is 7.05 Å². The second kappa shape index (κ2) is 9.57. The molecule has 0 radical (unpaired) electrons. The van der Waals surface area contributed by atoms with E-state index in [9.17, 15) is 17.6 Å². The van der Waals surface area contributed by atoms with Crippen molar-refractivity contribution in [3.63, 3.8) is 0 Å². The molecule has 0 aliphatic heterocycles. The first-order valence-corrected chi connectivity index (χ1v) is 11.8. The van der Waals surface area contributed by atoms with Crippen LogP contribution in [-0.2, 0) is 22.6 Å². The van der Waals surface area contributed by atoms with Gasteiger partial charge in [-0.3, -0.25) is 4.79 Å². The summed E-state index contributed by atoms with van der Waals surface area (Å²) < 4.78 is 46.0. The zero-order valence-corrected chi connectivity index (χ0v) is 18.6. The van der Waals surface area contributed by atoms with Crippen LogP contribution in [0.15, 0.2) is 47.4 Å². The number of ether oxygens (including phenoxy) is 1. The number of aryl methyl sites for hydroxylation is 1. The van der Waals surface area contributed by atoms with Crippen LogP contribution in [0.5, 0.6) is 11.6 Å². The lowest BCUT2D eigenvalue weighted by atomic mass is 10.2. The van der Waals surface area contributed by atoms with Crippen LogP contribution < -0.4 is 10.3 Å². The van der Waals surface area contributed by atoms with Crippen LogP contribution in [0.1, 0.15) is 25.5 Å². The molecule has 0 fully saturated rings. The average Bonchev–Trinajstić information content (AvgIpc) is 2.71. The summed E-state index contributed by atoms with van der Waals surface area (Å²) in [6.45, 7) is 1.90. The molecule has 164 valence electrons. The number of hydrogen-bond donors (Lipinski definition) is 0. The molecule has 0 N–H and O–H groups in total. The third-order valence-corrected chi connectivity index (χ3v) is 6.35. The Balaban J connectivity index is 2.07.